The first-order chi connectivity index (χ1) is 13.2. The molecule has 7 heteroatoms. The van der Waals surface area contributed by atoms with Crippen molar-refractivity contribution in [2.45, 2.75) is 38.1 Å². The van der Waals surface area contributed by atoms with Crippen LogP contribution >= 0.6 is 0 Å². The van der Waals surface area contributed by atoms with E-state index in [9.17, 15) is 9.59 Å². The lowest BCUT2D eigenvalue weighted by molar-refractivity contribution is -0.124. The van der Waals surface area contributed by atoms with E-state index < -0.39 is 0 Å². The number of hydrogen-bond donors (Lipinski definition) is 2. The zero-order valence-electron chi connectivity index (χ0n) is 15.5. The van der Waals surface area contributed by atoms with Gasteiger partial charge in [-0.15, -0.1) is 0 Å². The van der Waals surface area contributed by atoms with Crippen LogP contribution in [0.1, 0.15) is 31.2 Å². The van der Waals surface area contributed by atoms with Gasteiger partial charge >= 0.3 is 0 Å². The Morgan fingerprint density at radius 2 is 2.15 bits per heavy atom. The Hall–Kier alpha value is -2.28. The lowest BCUT2D eigenvalue weighted by Crippen LogP contribution is -2.50. The van der Waals surface area contributed by atoms with Gasteiger partial charge in [0.15, 0.2) is 11.5 Å². The summed E-state index contributed by atoms with van der Waals surface area (Å²) in [5.41, 5.74) is 0.934. The molecule has 146 valence electrons. The van der Waals surface area contributed by atoms with Gasteiger partial charge in [-0.2, -0.15) is 0 Å². The van der Waals surface area contributed by atoms with Gasteiger partial charge in [0.05, 0.1) is 13.0 Å². The number of hydrogen-bond acceptors (Lipinski definition) is 5. The molecule has 7 nitrogen and oxygen atoms in total. The first-order valence-corrected chi connectivity index (χ1v) is 9.82. The number of carbonyl (C=O) groups excluding carboxylic acids is 2. The highest BCUT2D eigenvalue weighted by Crippen LogP contribution is 2.32. The second-order valence-electron chi connectivity index (χ2n) is 7.75. The van der Waals surface area contributed by atoms with Crippen molar-refractivity contribution < 1.29 is 19.1 Å². The lowest BCUT2D eigenvalue weighted by Gasteiger charge is -2.35. The molecule has 27 heavy (non-hydrogen) atoms. The molecule has 4 rings (SSSR count). The summed E-state index contributed by atoms with van der Waals surface area (Å²) in [7, 11) is 0. The zero-order valence-corrected chi connectivity index (χ0v) is 15.5. The second kappa shape index (κ2) is 8.17. The van der Waals surface area contributed by atoms with E-state index in [-0.39, 0.29) is 24.6 Å². The molecule has 1 aromatic carbocycles. The molecule has 2 N–H and O–H groups in total. The standard InChI is InChI=1S/C20H27N3O4/c24-19(10-14-4-5-17-18(9-14)27-13-26-17)22-16-3-1-2-15(8-16)11-23-7-6-21-20(25)12-23/h4-5,9,15-16H,1-3,6-8,10-13H2,(H,21,25)(H,22,24)/t15-,16+/m1/s1. The molecule has 1 saturated carbocycles. The highest BCUT2D eigenvalue weighted by molar-refractivity contribution is 5.79. The fourth-order valence-electron chi connectivity index (χ4n) is 4.32. The maximum absolute atomic E-state index is 12.5. The lowest BCUT2D eigenvalue weighted by atomic mass is 9.85. The summed E-state index contributed by atoms with van der Waals surface area (Å²) in [5, 5.41) is 6.07. The fourth-order valence-corrected chi connectivity index (χ4v) is 4.32. The molecule has 0 unspecified atom stereocenters. The topological polar surface area (TPSA) is 79.9 Å². The monoisotopic (exact) mass is 373 g/mol. The number of benzene rings is 1. The van der Waals surface area contributed by atoms with E-state index in [1.807, 2.05) is 18.2 Å². The quantitative estimate of drug-likeness (QED) is 0.807. The summed E-state index contributed by atoms with van der Waals surface area (Å²) >= 11 is 0. The van der Waals surface area contributed by atoms with Crippen LogP contribution in [0.5, 0.6) is 11.5 Å². The third-order valence-electron chi connectivity index (χ3n) is 5.58. The van der Waals surface area contributed by atoms with E-state index in [4.69, 9.17) is 9.47 Å². The van der Waals surface area contributed by atoms with Crippen molar-refractivity contribution >= 4 is 11.8 Å². The van der Waals surface area contributed by atoms with Crippen molar-refractivity contribution in [1.82, 2.24) is 15.5 Å². The fraction of sp³-hybridized carbons (Fsp3) is 0.600. The molecule has 1 aliphatic carbocycles. The summed E-state index contributed by atoms with van der Waals surface area (Å²) in [6.07, 6.45) is 4.67. The molecular formula is C20H27N3O4. The molecule has 2 atom stereocenters. The summed E-state index contributed by atoms with van der Waals surface area (Å²) in [5.74, 6) is 2.16. The molecule has 1 aromatic rings. The van der Waals surface area contributed by atoms with E-state index in [1.165, 1.54) is 6.42 Å². The highest BCUT2D eigenvalue weighted by atomic mass is 16.7. The third-order valence-corrected chi connectivity index (χ3v) is 5.58. The van der Waals surface area contributed by atoms with E-state index in [0.29, 0.717) is 24.6 Å². The Morgan fingerprint density at radius 1 is 1.26 bits per heavy atom. The molecule has 1 saturated heterocycles. The Morgan fingerprint density at radius 3 is 3.04 bits per heavy atom. The number of nitrogens with zero attached hydrogens (tertiary/aromatic N) is 1. The zero-order chi connectivity index (χ0) is 18.6. The van der Waals surface area contributed by atoms with Gasteiger partial charge in [-0.1, -0.05) is 12.5 Å². The van der Waals surface area contributed by atoms with Crippen molar-refractivity contribution in [2.24, 2.45) is 5.92 Å². The summed E-state index contributed by atoms with van der Waals surface area (Å²) < 4.78 is 10.7. The number of carbonyl (C=O) groups is 2. The molecule has 2 aliphatic heterocycles. The molecule has 2 heterocycles. The second-order valence-corrected chi connectivity index (χ2v) is 7.75. The molecule has 0 bridgehead atoms. The Kier molecular flexibility index (Phi) is 5.48. The predicted octanol–water partition coefficient (Wildman–Crippen LogP) is 1.06. The Balaban J connectivity index is 1.26. The average Bonchev–Trinajstić information content (AvgIpc) is 3.09. The first-order valence-electron chi connectivity index (χ1n) is 9.82. The normalized spacial score (nSPS) is 25.1. The molecule has 0 spiro atoms. The van der Waals surface area contributed by atoms with Gasteiger partial charge in [0.2, 0.25) is 18.6 Å². The summed E-state index contributed by atoms with van der Waals surface area (Å²) in [4.78, 5) is 26.3. The largest absolute Gasteiger partial charge is 0.454 e. The molecule has 2 fully saturated rings. The van der Waals surface area contributed by atoms with Crippen LogP contribution < -0.4 is 20.1 Å². The van der Waals surface area contributed by atoms with Crippen molar-refractivity contribution in [2.75, 3.05) is 33.0 Å². The number of fused-ring (bicyclic) bond motifs is 1. The number of nitrogens with one attached hydrogen (secondary N) is 2. The van der Waals surface area contributed by atoms with Crippen molar-refractivity contribution in [3.05, 3.63) is 23.8 Å². The van der Waals surface area contributed by atoms with Crippen LogP contribution in [0, 0.1) is 5.92 Å². The van der Waals surface area contributed by atoms with Crippen LogP contribution in [-0.4, -0.2) is 55.7 Å². The van der Waals surface area contributed by atoms with Crippen LogP contribution in [0.3, 0.4) is 0 Å². The molecule has 0 aromatic heterocycles. The van der Waals surface area contributed by atoms with Crippen molar-refractivity contribution in [1.29, 1.82) is 0 Å². The minimum absolute atomic E-state index is 0.0527. The minimum atomic E-state index is 0.0527. The SMILES string of the molecule is O=C1CN(C[C@@H]2CCC[C@H](NC(=O)Cc3ccc4c(c3)OCO4)C2)CCN1. The van der Waals surface area contributed by atoms with Gasteiger partial charge < -0.3 is 20.1 Å². The number of rotatable bonds is 5. The van der Waals surface area contributed by atoms with Gasteiger partial charge in [0.1, 0.15) is 0 Å². The van der Waals surface area contributed by atoms with Crippen LogP contribution in [0.15, 0.2) is 18.2 Å². The van der Waals surface area contributed by atoms with Gasteiger partial charge in [0.25, 0.3) is 0 Å². The predicted molar refractivity (Wildman–Crippen MR) is 99.6 cm³/mol. The summed E-state index contributed by atoms with van der Waals surface area (Å²) in [6.45, 7) is 3.34. The Bertz CT molecular complexity index is 708. The van der Waals surface area contributed by atoms with E-state index in [2.05, 4.69) is 15.5 Å². The molecule has 2 amide bonds. The van der Waals surface area contributed by atoms with Crippen LogP contribution in [0.4, 0.5) is 0 Å². The van der Waals surface area contributed by atoms with Crippen LogP contribution in [0.25, 0.3) is 0 Å². The van der Waals surface area contributed by atoms with Crippen molar-refractivity contribution in [3.8, 4) is 11.5 Å². The third kappa shape index (κ3) is 4.71. The maximum atomic E-state index is 12.5. The van der Waals surface area contributed by atoms with Gasteiger partial charge in [-0.3, -0.25) is 14.5 Å². The smallest absolute Gasteiger partial charge is 0.234 e. The Labute approximate surface area is 159 Å². The average molecular weight is 373 g/mol. The first kappa shape index (κ1) is 18.1. The minimum Gasteiger partial charge on any atom is -0.454 e. The maximum Gasteiger partial charge on any atom is 0.234 e. The summed E-state index contributed by atoms with van der Waals surface area (Å²) in [6, 6.07) is 5.88. The molecule has 0 radical (unpaired) electrons. The number of ether oxygens (including phenoxy) is 2. The van der Waals surface area contributed by atoms with Gasteiger partial charge in [-0.05, 0) is 42.9 Å². The molecule has 3 aliphatic rings. The highest BCUT2D eigenvalue weighted by Gasteiger charge is 2.26. The van der Waals surface area contributed by atoms with Crippen LogP contribution in [-0.2, 0) is 16.0 Å². The number of amides is 2. The van der Waals surface area contributed by atoms with E-state index in [0.717, 1.165) is 50.2 Å². The van der Waals surface area contributed by atoms with Gasteiger partial charge in [0, 0.05) is 25.7 Å². The van der Waals surface area contributed by atoms with Gasteiger partial charge in [-0.25, -0.2) is 0 Å². The molecular weight excluding hydrogens is 346 g/mol. The van der Waals surface area contributed by atoms with Crippen molar-refractivity contribution in [3.63, 3.8) is 0 Å². The van der Waals surface area contributed by atoms with E-state index >= 15 is 0 Å². The van der Waals surface area contributed by atoms with E-state index in [1.54, 1.807) is 0 Å². The number of piperazine rings is 1. The van der Waals surface area contributed by atoms with Crippen LogP contribution in [0.2, 0.25) is 0 Å².